The molecule has 0 radical (unpaired) electrons. The van der Waals surface area contributed by atoms with Gasteiger partial charge >= 0.3 is 0 Å². The fourth-order valence-electron chi connectivity index (χ4n) is 2.26. The van der Waals surface area contributed by atoms with E-state index < -0.39 is 0 Å². The second-order valence-electron chi connectivity index (χ2n) is 5.50. The second kappa shape index (κ2) is 10.4. The van der Waals surface area contributed by atoms with Gasteiger partial charge in [0.1, 0.15) is 5.15 Å². The lowest BCUT2D eigenvalue weighted by Gasteiger charge is -2.12. The van der Waals surface area contributed by atoms with Crippen molar-refractivity contribution in [2.24, 2.45) is 10.9 Å². The van der Waals surface area contributed by atoms with Gasteiger partial charge in [0.15, 0.2) is 5.96 Å². The standard InChI is InChI=1S/C16H25ClN4O2/c1-18-16(21-10-13-3-4-15(17)20-9-13)19-6-2-7-22-11-14-5-8-23-12-14/h3-4,9,14H,2,5-8,10-12H2,1H3,(H2,18,19,21). The summed E-state index contributed by atoms with van der Waals surface area (Å²) in [5.74, 6) is 1.34. The Morgan fingerprint density at radius 3 is 3.09 bits per heavy atom. The molecule has 0 aliphatic carbocycles. The molecule has 2 heterocycles. The van der Waals surface area contributed by atoms with Gasteiger partial charge in [0.05, 0.1) is 13.2 Å². The summed E-state index contributed by atoms with van der Waals surface area (Å²) >= 11 is 5.77. The van der Waals surface area contributed by atoms with Gasteiger partial charge in [-0.2, -0.15) is 0 Å². The smallest absolute Gasteiger partial charge is 0.191 e. The first kappa shape index (κ1) is 18.0. The molecular weight excluding hydrogens is 316 g/mol. The van der Waals surface area contributed by atoms with Gasteiger partial charge in [-0.3, -0.25) is 4.99 Å². The molecule has 1 unspecified atom stereocenters. The molecule has 1 saturated heterocycles. The van der Waals surface area contributed by atoms with Crippen LogP contribution >= 0.6 is 11.6 Å². The number of nitrogens with one attached hydrogen (secondary N) is 2. The maximum Gasteiger partial charge on any atom is 0.191 e. The first-order valence-corrected chi connectivity index (χ1v) is 8.36. The Kier molecular flexibility index (Phi) is 8.14. The Bertz CT molecular complexity index is 475. The van der Waals surface area contributed by atoms with Gasteiger partial charge in [-0.05, 0) is 24.5 Å². The van der Waals surface area contributed by atoms with Crippen molar-refractivity contribution in [1.29, 1.82) is 0 Å². The highest BCUT2D eigenvalue weighted by Gasteiger charge is 2.15. The van der Waals surface area contributed by atoms with Crippen molar-refractivity contribution in [3.8, 4) is 0 Å². The Balaban J connectivity index is 1.53. The monoisotopic (exact) mass is 340 g/mol. The molecule has 1 atom stereocenters. The van der Waals surface area contributed by atoms with E-state index >= 15 is 0 Å². The Labute approximate surface area is 142 Å². The average Bonchev–Trinajstić information content (AvgIpc) is 3.08. The molecule has 0 saturated carbocycles. The highest BCUT2D eigenvalue weighted by atomic mass is 35.5. The van der Waals surface area contributed by atoms with Crippen LogP contribution in [-0.2, 0) is 16.0 Å². The van der Waals surface area contributed by atoms with Gasteiger partial charge in [-0.15, -0.1) is 0 Å². The lowest BCUT2D eigenvalue weighted by atomic mass is 10.1. The molecule has 2 rings (SSSR count). The van der Waals surface area contributed by atoms with Crippen LogP contribution in [0.15, 0.2) is 23.3 Å². The lowest BCUT2D eigenvalue weighted by molar-refractivity contribution is 0.0888. The zero-order valence-electron chi connectivity index (χ0n) is 13.6. The molecule has 1 aliphatic rings. The van der Waals surface area contributed by atoms with E-state index in [1.54, 1.807) is 19.3 Å². The largest absolute Gasteiger partial charge is 0.381 e. The molecule has 0 spiro atoms. The Morgan fingerprint density at radius 2 is 2.39 bits per heavy atom. The van der Waals surface area contributed by atoms with Crippen molar-refractivity contribution in [2.75, 3.05) is 40.0 Å². The maximum absolute atomic E-state index is 5.77. The van der Waals surface area contributed by atoms with Crippen LogP contribution < -0.4 is 10.6 Å². The summed E-state index contributed by atoms with van der Waals surface area (Å²) in [6.45, 7) is 4.74. The molecule has 1 aliphatic heterocycles. The van der Waals surface area contributed by atoms with Gasteiger partial charge in [0.25, 0.3) is 0 Å². The molecule has 23 heavy (non-hydrogen) atoms. The van der Waals surface area contributed by atoms with E-state index in [1.165, 1.54) is 0 Å². The quantitative estimate of drug-likeness (QED) is 0.327. The van der Waals surface area contributed by atoms with Gasteiger partial charge in [-0.25, -0.2) is 4.98 Å². The predicted octanol–water partition coefficient (Wildman–Crippen LogP) is 1.84. The summed E-state index contributed by atoms with van der Waals surface area (Å²) in [5.41, 5.74) is 1.06. The molecular formula is C16H25ClN4O2. The number of aliphatic imine (C=N–C) groups is 1. The molecule has 7 heteroatoms. The van der Waals surface area contributed by atoms with E-state index in [-0.39, 0.29) is 0 Å². The molecule has 1 aromatic rings. The minimum absolute atomic E-state index is 0.500. The van der Waals surface area contributed by atoms with E-state index in [4.69, 9.17) is 21.1 Å². The van der Waals surface area contributed by atoms with Crippen LogP contribution in [0.5, 0.6) is 0 Å². The number of halogens is 1. The number of hydrogen-bond donors (Lipinski definition) is 2. The summed E-state index contributed by atoms with van der Waals surface area (Å²) in [4.78, 5) is 8.24. The second-order valence-corrected chi connectivity index (χ2v) is 5.89. The van der Waals surface area contributed by atoms with Crippen molar-refractivity contribution in [3.63, 3.8) is 0 Å². The van der Waals surface area contributed by atoms with E-state index in [0.29, 0.717) is 17.6 Å². The van der Waals surface area contributed by atoms with Crippen LogP contribution in [0.1, 0.15) is 18.4 Å². The van der Waals surface area contributed by atoms with Crippen molar-refractivity contribution < 1.29 is 9.47 Å². The van der Waals surface area contributed by atoms with Crippen molar-refractivity contribution in [3.05, 3.63) is 29.0 Å². The Morgan fingerprint density at radius 1 is 1.48 bits per heavy atom. The molecule has 1 aromatic heterocycles. The maximum atomic E-state index is 5.77. The number of guanidine groups is 1. The van der Waals surface area contributed by atoms with Crippen LogP contribution in [-0.4, -0.2) is 51.0 Å². The van der Waals surface area contributed by atoms with Crippen LogP contribution in [0.25, 0.3) is 0 Å². The fraction of sp³-hybridized carbons (Fsp3) is 0.625. The van der Waals surface area contributed by atoms with Gasteiger partial charge < -0.3 is 20.1 Å². The third-order valence-electron chi connectivity index (χ3n) is 3.61. The van der Waals surface area contributed by atoms with Crippen LogP contribution in [0.2, 0.25) is 5.15 Å². The number of ether oxygens (including phenoxy) is 2. The SMILES string of the molecule is CN=C(NCCCOCC1CCOC1)NCc1ccc(Cl)nc1. The summed E-state index contributed by atoms with van der Waals surface area (Å²) in [5, 5.41) is 7.01. The Hall–Kier alpha value is -1.37. The summed E-state index contributed by atoms with van der Waals surface area (Å²) in [6, 6.07) is 3.72. The third kappa shape index (κ3) is 7.16. The number of hydrogen-bond acceptors (Lipinski definition) is 4. The zero-order valence-corrected chi connectivity index (χ0v) is 14.3. The minimum atomic E-state index is 0.500. The normalized spacial score (nSPS) is 18.2. The lowest BCUT2D eigenvalue weighted by Crippen LogP contribution is -2.37. The van der Waals surface area contributed by atoms with Gasteiger partial charge in [-0.1, -0.05) is 17.7 Å². The van der Waals surface area contributed by atoms with Crippen LogP contribution in [0, 0.1) is 5.92 Å². The molecule has 6 nitrogen and oxygen atoms in total. The third-order valence-corrected chi connectivity index (χ3v) is 3.83. The number of nitrogens with zero attached hydrogens (tertiary/aromatic N) is 2. The molecule has 0 amide bonds. The van der Waals surface area contributed by atoms with Crippen molar-refractivity contribution in [2.45, 2.75) is 19.4 Å². The first-order chi connectivity index (χ1) is 11.3. The highest BCUT2D eigenvalue weighted by molar-refractivity contribution is 6.29. The topological polar surface area (TPSA) is 67.8 Å². The van der Waals surface area contributed by atoms with Crippen molar-refractivity contribution in [1.82, 2.24) is 15.6 Å². The molecule has 0 bridgehead atoms. The molecule has 2 N–H and O–H groups in total. The summed E-state index contributed by atoms with van der Waals surface area (Å²) in [7, 11) is 1.76. The van der Waals surface area contributed by atoms with Crippen LogP contribution in [0.4, 0.5) is 0 Å². The van der Waals surface area contributed by atoms with E-state index in [2.05, 4.69) is 20.6 Å². The zero-order chi connectivity index (χ0) is 16.3. The molecule has 0 aromatic carbocycles. The highest BCUT2D eigenvalue weighted by Crippen LogP contribution is 2.12. The van der Waals surface area contributed by atoms with E-state index in [9.17, 15) is 0 Å². The summed E-state index contributed by atoms with van der Waals surface area (Å²) in [6.07, 6.45) is 3.81. The molecule has 1 fully saturated rings. The number of aromatic nitrogens is 1. The van der Waals surface area contributed by atoms with Gasteiger partial charge in [0.2, 0.25) is 0 Å². The van der Waals surface area contributed by atoms with Crippen molar-refractivity contribution >= 4 is 17.6 Å². The minimum Gasteiger partial charge on any atom is -0.381 e. The van der Waals surface area contributed by atoms with Crippen LogP contribution in [0.3, 0.4) is 0 Å². The van der Waals surface area contributed by atoms with Gasteiger partial charge in [0, 0.05) is 45.5 Å². The number of pyridine rings is 1. The fourth-order valence-corrected chi connectivity index (χ4v) is 2.38. The summed E-state index contributed by atoms with van der Waals surface area (Å²) < 4.78 is 11.0. The number of rotatable bonds is 8. The average molecular weight is 341 g/mol. The predicted molar refractivity (Wildman–Crippen MR) is 91.8 cm³/mol. The van der Waals surface area contributed by atoms with E-state index in [0.717, 1.165) is 57.3 Å². The molecule has 128 valence electrons. The first-order valence-electron chi connectivity index (χ1n) is 7.98. The van der Waals surface area contributed by atoms with E-state index in [1.807, 2.05) is 6.07 Å².